The average molecular weight is 228 g/mol. The molecule has 0 aromatic carbocycles. The topological polar surface area (TPSA) is 41.1 Å². The van der Waals surface area contributed by atoms with Gasteiger partial charge in [-0.1, -0.05) is 6.08 Å². The van der Waals surface area contributed by atoms with Crippen molar-refractivity contribution in [3.05, 3.63) is 12.7 Å². The molecule has 15 heavy (non-hydrogen) atoms. The molecule has 1 atom stereocenters. The largest absolute Gasteiger partial charge is 0.355 e. The van der Waals surface area contributed by atoms with Crippen molar-refractivity contribution in [1.82, 2.24) is 10.6 Å². The van der Waals surface area contributed by atoms with Crippen LogP contribution in [0.5, 0.6) is 0 Å². The Morgan fingerprint density at radius 2 is 2.53 bits per heavy atom. The molecule has 3 nitrogen and oxygen atoms in total. The quantitative estimate of drug-likeness (QED) is 0.505. The molecule has 2 N–H and O–H groups in total. The lowest BCUT2D eigenvalue weighted by atomic mass is 10.1. The zero-order valence-corrected chi connectivity index (χ0v) is 9.94. The molecule has 0 saturated carbocycles. The van der Waals surface area contributed by atoms with Gasteiger partial charge in [-0.25, -0.2) is 0 Å². The molecule has 4 heteroatoms. The first-order valence-corrected chi connectivity index (χ1v) is 6.64. The minimum Gasteiger partial charge on any atom is -0.355 e. The number of carbonyl (C=O) groups excluding carboxylic acids is 1. The highest BCUT2D eigenvalue weighted by molar-refractivity contribution is 7.99. The van der Waals surface area contributed by atoms with E-state index in [2.05, 4.69) is 17.2 Å². The van der Waals surface area contributed by atoms with Crippen LogP contribution in [0.2, 0.25) is 0 Å². The molecule has 0 bridgehead atoms. The Hall–Kier alpha value is -0.480. The third-order valence-corrected chi connectivity index (χ3v) is 3.40. The Kier molecular flexibility index (Phi) is 6.52. The third kappa shape index (κ3) is 5.85. The molecule has 1 saturated heterocycles. The van der Waals surface area contributed by atoms with Crippen LogP contribution in [0.1, 0.15) is 12.8 Å². The number of carbonyl (C=O) groups is 1. The summed E-state index contributed by atoms with van der Waals surface area (Å²) < 4.78 is 0. The molecule has 1 rings (SSSR count). The van der Waals surface area contributed by atoms with Crippen molar-refractivity contribution in [2.24, 2.45) is 5.92 Å². The van der Waals surface area contributed by atoms with Crippen LogP contribution in [0.3, 0.4) is 0 Å². The van der Waals surface area contributed by atoms with Crippen molar-refractivity contribution < 1.29 is 4.79 Å². The molecule has 1 unspecified atom stereocenters. The van der Waals surface area contributed by atoms with Gasteiger partial charge in [-0.2, -0.15) is 11.8 Å². The maximum absolute atomic E-state index is 11.5. The predicted molar refractivity (Wildman–Crippen MR) is 66.1 cm³/mol. The molecular formula is C11H20N2OS. The monoisotopic (exact) mass is 228 g/mol. The second-order valence-corrected chi connectivity index (χ2v) is 4.93. The minimum absolute atomic E-state index is 0.197. The molecule has 1 amide bonds. The molecule has 1 aliphatic heterocycles. The number of nitrogens with one attached hydrogen (secondary N) is 2. The summed E-state index contributed by atoms with van der Waals surface area (Å²) in [7, 11) is 0. The first-order chi connectivity index (χ1) is 7.33. The molecule has 86 valence electrons. The Morgan fingerprint density at radius 1 is 1.67 bits per heavy atom. The van der Waals surface area contributed by atoms with Crippen LogP contribution in [-0.4, -0.2) is 37.0 Å². The fraction of sp³-hybridized carbons (Fsp3) is 0.727. The number of amides is 1. The van der Waals surface area contributed by atoms with E-state index in [0.29, 0.717) is 12.3 Å². The van der Waals surface area contributed by atoms with Crippen LogP contribution in [0, 0.1) is 5.92 Å². The van der Waals surface area contributed by atoms with Gasteiger partial charge in [0.15, 0.2) is 0 Å². The summed E-state index contributed by atoms with van der Waals surface area (Å²) in [5.41, 5.74) is 0. The highest BCUT2D eigenvalue weighted by Crippen LogP contribution is 2.11. The summed E-state index contributed by atoms with van der Waals surface area (Å²) in [6.45, 7) is 6.48. The number of thioether (sulfide) groups is 1. The lowest BCUT2D eigenvalue weighted by Gasteiger charge is -2.08. The van der Waals surface area contributed by atoms with Crippen molar-refractivity contribution in [1.29, 1.82) is 0 Å². The van der Waals surface area contributed by atoms with Crippen LogP contribution < -0.4 is 10.6 Å². The van der Waals surface area contributed by atoms with Crippen molar-refractivity contribution >= 4 is 17.7 Å². The Bertz CT molecular complexity index is 203. The van der Waals surface area contributed by atoms with E-state index in [9.17, 15) is 4.79 Å². The van der Waals surface area contributed by atoms with E-state index in [0.717, 1.165) is 37.6 Å². The fourth-order valence-corrected chi connectivity index (χ4v) is 2.23. The Morgan fingerprint density at radius 3 is 3.20 bits per heavy atom. The second kappa shape index (κ2) is 7.77. The fourth-order valence-electron chi connectivity index (χ4n) is 1.65. The van der Waals surface area contributed by atoms with Gasteiger partial charge in [-0.05, 0) is 25.4 Å². The zero-order valence-electron chi connectivity index (χ0n) is 9.13. The molecule has 0 spiro atoms. The lowest BCUT2D eigenvalue weighted by Crippen LogP contribution is -2.28. The number of hydrogen-bond acceptors (Lipinski definition) is 3. The summed E-state index contributed by atoms with van der Waals surface area (Å²) in [5, 5.41) is 6.21. The van der Waals surface area contributed by atoms with Crippen LogP contribution in [0.4, 0.5) is 0 Å². The highest BCUT2D eigenvalue weighted by Gasteiger charge is 2.17. The van der Waals surface area contributed by atoms with Crippen molar-refractivity contribution in [3.63, 3.8) is 0 Å². The van der Waals surface area contributed by atoms with Gasteiger partial charge in [-0.3, -0.25) is 4.79 Å². The Labute approximate surface area is 96.1 Å². The van der Waals surface area contributed by atoms with Crippen LogP contribution in [0.15, 0.2) is 12.7 Å². The van der Waals surface area contributed by atoms with Crippen molar-refractivity contribution in [2.75, 3.05) is 31.1 Å². The van der Waals surface area contributed by atoms with Gasteiger partial charge in [0, 0.05) is 24.5 Å². The van der Waals surface area contributed by atoms with E-state index in [-0.39, 0.29) is 5.91 Å². The molecule has 0 aliphatic carbocycles. The Balaban J connectivity index is 1.95. The maximum Gasteiger partial charge on any atom is 0.220 e. The van der Waals surface area contributed by atoms with E-state index >= 15 is 0 Å². The second-order valence-electron chi connectivity index (χ2n) is 3.78. The number of rotatable bonds is 7. The molecule has 0 aromatic rings. The minimum atomic E-state index is 0.197. The zero-order chi connectivity index (χ0) is 10.9. The van der Waals surface area contributed by atoms with E-state index < -0.39 is 0 Å². The normalized spacial score (nSPS) is 20.1. The van der Waals surface area contributed by atoms with Crippen molar-refractivity contribution in [2.45, 2.75) is 12.8 Å². The van der Waals surface area contributed by atoms with Gasteiger partial charge >= 0.3 is 0 Å². The van der Waals surface area contributed by atoms with Crippen LogP contribution in [-0.2, 0) is 4.79 Å². The van der Waals surface area contributed by atoms with Crippen LogP contribution in [0.25, 0.3) is 0 Å². The molecule has 0 radical (unpaired) electrons. The molecule has 1 fully saturated rings. The van der Waals surface area contributed by atoms with E-state index in [1.165, 1.54) is 0 Å². The van der Waals surface area contributed by atoms with Gasteiger partial charge < -0.3 is 10.6 Å². The van der Waals surface area contributed by atoms with Crippen molar-refractivity contribution in [3.8, 4) is 0 Å². The smallest absolute Gasteiger partial charge is 0.220 e. The average Bonchev–Trinajstić information content (AvgIpc) is 2.70. The maximum atomic E-state index is 11.5. The molecule has 1 aliphatic rings. The summed E-state index contributed by atoms with van der Waals surface area (Å²) in [4.78, 5) is 11.5. The molecular weight excluding hydrogens is 208 g/mol. The summed E-state index contributed by atoms with van der Waals surface area (Å²) >= 11 is 1.79. The van der Waals surface area contributed by atoms with Gasteiger partial charge in [0.25, 0.3) is 0 Å². The van der Waals surface area contributed by atoms with E-state index in [1.54, 1.807) is 11.8 Å². The molecule has 0 aromatic heterocycles. The third-order valence-electron chi connectivity index (χ3n) is 2.44. The van der Waals surface area contributed by atoms with Gasteiger partial charge in [0.2, 0.25) is 5.91 Å². The van der Waals surface area contributed by atoms with E-state index in [4.69, 9.17) is 0 Å². The highest BCUT2D eigenvalue weighted by atomic mass is 32.2. The van der Waals surface area contributed by atoms with E-state index in [1.807, 2.05) is 6.08 Å². The number of hydrogen-bond donors (Lipinski definition) is 2. The first-order valence-electron chi connectivity index (χ1n) is 5.49. The first kappa shape index (κ1) is 12.6. The van der Waals surface area contributed by atoms with Gasteiger partial charge in [0.05, 0.1) is 0 Å². The standard InChI is InChI=1S/C11H20N2OS/c1-2-6-15-7-5-13-11(14)8-10-3-4-12-9-10/h2,10,12H,1,3-9H2,(H,13,14). The lowest BCUT2D eigenvalue weighted by molar-refractivity contribution is -0.121. The SMILES string of the molecule is C=CCSCCNC(=O)CC1CCNC1. The predicted octanol–water partition coefficient (Wildman–Crippen LogP) is 1.02. The van der Waals surface area contributed by atoms with Gasteiger partial charge in [0.1, 0.15) is 0 Å². The summed E-state index contributed by atoms with van der Waals surface area (Å²) in [6, 6.07) is 0. The van der Waals surface area contributed by atoms with Crippen LogP contribution >= 0.6 is 11.8 Å². The van der Waals surface area contributed by atoms with Gasteiger partial charge in [-0.15, -0.1) is 6.58 Å². The molecule has 1 heterocycles. The summed E-state index contributed by atoms with van der Waals surface area (Å²) in [6.07, 6.45) is 3.70. The summed E-state index contributed by atoms with van der Waals surface area (Å²) in [5.74, 6) is 2.68.